The van der Waals surface area contributed by atoms with E-state index in [0.717, 1.165) is 17.8 Å². The van der Waals surface area contributed by atoms with Crippen LogP contribution in [0.5, 0.6) is 0 Å². The SMILES string of the molecule is CC1C(=O)c2ccc(S(=O)(=O)c3ccc4c(c3)C(=O)C(C=O)C4=O)cc2C1=O.Cc1ccc(C)cc1.Cc1ccc(NC=O)cc1. The van der Waals surface area contributed by atoms with Crippen molar-refractivity contribution < 1.29 is 37.2 Å². The first-order valence-electron chi connectivity index (χ1n) is 14.3. The Morgan fingerprint density at radius 1 is 0.565 bits per heavy atom. The molecule has 2 unspecified atom stereocenters. The van der Waals surface area contributed by atoms with Crippen LogP contribution < -0.4 is 5.32 Å². The fourth-order valence-electron chi connectivity index (χ4n) is 4.87. The summed E-state index contributed by atoms with van der Waals surface area (Å²) < 4.78 is 26.0. The third-order valence-electron chi connectivity index (χ3n) is 7.65. The highest BCUT2D eigenvalue weighted by atomic mass is 32.2. The Labute approximate surface area is 266 Å². The highest BCUT2D eigenvalue weighted by Gasteiger charge is 2.40. The van der Waals surface area contributed by atoms with Crippen LogP contribution >= 0.6 is 0 Å². The van der Waals surface area contributed by atoms with Crippen LogP contribution in [0.4, 0.5) is 5.69 Å². The van der Waals surface area contributed by atoms with Crippen LogP contribution in [0.15, 0.2) is 94.7 Å². The van der Waals surface area contributed by atoms with Gasteiger partial charge in [0.1, 0.15) is 12.2 Å². The van der Waals surface area contributed by atoms with Crippen molar-refractivity contribution in [2.75, 3.05) is 5.32 Å². The number of rotatable bonds is 5. The van der Waals surface area contributed by atoms with Crippen LogP contribution in [-0.2, 0) is 19.4 Å². The fraction of sp³-hybridized carbons (Fsp3) is 0.167. The van der Waals surface area contributed by atoms with Crippen LogP contribution in [0.1, 0.15) is 65.0 Å². The minimum atomic E-state index is -4.12. The molecule has 0 aromatic heterocycles. The number of aryl methyl sites for hydroxylation is 3. The van der Waals surface area contributed by atoms with Gasteiger partial charge in [-0.2, -0.15) is 0 Å². The first kappa shape index (κ1) is 33.5. The molecule has 0 fully saturated rings. The minimum absolute atomic E-state index is 0.00426. The predicted molar refractivity (Wildman–Crippen MR) is 171 cm³/mol. The topological polar surface area (TPSA) is 149 Å². The Kier molecular flexibility index (Phi) is 10.0. The molecular weight excluding hydrogens is 606 g/mol. The van der Waals surface area contributed by atoms with Crippen LogP contribution in [0.3, 0.4) is 0 Å². The molecule has 2 atom stereocenters. The third-order valence-corrected chi connectivity index (χ3v) is 9.40. The lowest BCUT2D eigenvalue weighted by atomic mass is 10.1. The number of ketones is 4. The van der Waals surface area contributed by atoms with E-state index in [1.807, 2.05) is 31.2 Å². The number of aldehydes is 1. The average molecular weight is 638 g/mol. The van der Waals surface area contributed by atoms with Crippen LogP contribution in [0.2, 0.25) is 0 Å². The molecule has 1 N–H and O–H groups in total. The van der Waals surface area contributed by atoms with Crippen LogP contribution in [-0.4, -0.2) is 44.2 Å². The number of fused-ring (bicyclic) bond motifs is 2. The van der Waals surface area contributed by atoms with Gasteiger partial charge < -0.3 is 10.1 Å². The van der Waals surface area contributed by atoms with Crippen molar-refractivity contribution in [2.45, 2.75) is 37.5 Å². The van der Waals surface area contributed by atoms with E-state index in [4.69, 9.17) is 0 Å². The van der Waals surface area contributed by atoms with Gasteiger partial charge in [-0.25, -0.2) is 8.42 Å². The van der Waals surface area contributed by atoms with Gasteiger partial charge in [-0.15, -0.1) is 0 Å². The molecule has 234 valence electrons. The highest BCUT2D eigenvalue weighted by molar-refractivity contribution is 7.91. The van der Waals surface area contributed by atoms with E-state index in [2.05, 4.69) is 43.4 Å². The van der Waals surface area contributed by atoms with E-state index in [-0.39, 0.29) is 44.1 Å². The summed E-state index contributed by atoms with van der Waals surface area (Å²) in [5, 5.41) is 2.55. The second kappa shape index (κ2) is 13.7. The first-order valence-corrected chi connectivity index (χ1v) is 15.7. The normalized spacial score (nSPS) is 16.3. The molecule has 0 saturated heterocycles. The van der Waals surface area contributed by atoms with E-state index < -0.39 is 39.0 Å². The van der Waals surface area contributed by atoms with Gasteiger partial charge >= 0.3 is 0 Å². The molecule has 46 heavy (non-hydrogen) atoms. The predicted octanol–water partition coefficient (Wildman–Crippen LogP) is 5.60. The maximum atomic E-state index is 13.0. The number of sulfone groups is 1. The number of amides is 1. The van der Waals surface area contributed by atoms with Crippen molar-refractivity contribution in [3.8, 4) is 0 Å². The molecule has 9 nitrogen and oxygen atoms in total. The largest absolute Gasteiger partial charge is 0.329 e. The summed E-state index contributed by atoms with van der Waals surface area (Å²) in [4.78, 5) is 68.9. The van der Waals surface area contributed by atoms with Crippen molar-refractivity contribution in [3.05, 3.63) is 124 Å². The van der Waals surface area contributed by atoms with E-state index in [0.29, 0.717) is 6.41 Å². The zero-order valence-corrected chi connectivity index (χ0v) is 26.4. The standard InChI is InChI=1S/C20H12O7S.C8H9NO.C8H10/c1-9-17(22)12-4-2-10(6-14(12)18(9)23)28(26,27)11-3-5-13-15(7-11)20(25)16(8-21)19(13)24;1-7-2-4-8(5-3-7)9-6-10;1-7-3-5-8(2)6-4-7/h2-9,16H,1H3;2-6H,1H3,(H,9,10);3-6H,1-2H3. The van der Waals surface area contributed by atoms with E-state index in [1.54, 1.807) is 0 Å². The fourth-order valence-corrected chi connectivity index (χ4v) is 6.19. The number of benzene rings is 4. The maximum Gasteiger partial charge on any atom is 0.211 e. The van der Waals surface area contributed by atoms with Crippen molar-refractivity contribution in [3.63, 3.8) is 0 Å². The lowest BCUT2D eigenvalue weighted by Crippen LogP contribution is -2.15. The average Bonchev–Trinajstić information content (AvgIpc) is 3.42. The molecule has 1 amide bonds. The molecule has 2 aliphatic rings. The van der Waals surface area contributed by atoms with E-state index in [1.165, 1.54) is 47.9 Å². The maximum absolute atomic E-state index is 13.0. The molecule has 0 spiro atoms. The van der Waals surface area contributed by atoms with Gasteiger partial charge in [0, 0.05) is 27.9 Å². The smallest absolute Gasteiger partial charge is 0.211 e. The van der Waals surface area contributed by atoms with Gasteiger partial charge in [0.05, 0.1) is 15.7 Å². The molecule has 10 heteroatoms. The first-order chi connectivity index (χ1) is 21.8. The molecule has 0 heterocycles. The number of Topliss-reactive ketones (excluding diaryl/α,β-unsaturated/α-hetero) is 4. The summed E-state index contributed by atoms with van der Waals surface area (Å²) in [6.07, 6.45) is 0.911. The second-order valence-corrected chi connectivity index (χ2v) is 12.9. The quantitative estimate of drug-likeness (QED) is 0.220. The summed E-state index contributed by atoms with van der Waals surface area (Å²) in [6, 6.07) is 23.2. The van der Waals surface area contributed by atoms with Crippen LogP contribution in [0.25, 0.3) is 0 Å². The lowest BCUT2D eigenvalue weighted by Gasteiger charge is -2.07. The lowest BCUT2D eigenvalue weighted by molar-refractivity contribution is -0.109. The number of nitrogens with one attached hydrogen (secondary N) is 1. The number of hydrogen-bond donors (Lipinski definition) is 1. The Morgan fingerprint density at radius 3 is 1.41 bits per heavy atom. The monoisotopic (exact) mass is 637 g/mol. The summed E-state index contributed by atoms with van der Waals surface area (Å²) in [6.45, 7) is 7.66. The summed E-state index contributed by atoms with van der Waals surface area (Å²) in [5.41, 5.74) is 4.80. The van der Waals surface area contributed by atoms with Gasteiger partial charge in [0.2, 0.25) is 16.2 Å². The van der Waals surface area contributed by atoms with Crippen LogP contribution in [0, 0.1) is 32.6 Å². The number of carbonyl (C=O) groups excluding carboxylic acids is 6. The Bertz CT molecular complexity index is 1960. The van der Waals surface area contributed by atoms with E-state index >= 15 is 0 Å². The zero-order valence-electron chi connectivity index (χ0n) is 25.6. The zero-order chi connectivity index (χ0) is 33.8. The minimum Gasteiger partial charge on any atom is -0.329 e. The number of anilines is 1. The second-order valence-electron chi connectivity index (χ2n) is 11.0. The summed E-state index contributed by atoms with van der Waals surface area (Å²) in [7, 11) is -4.12. The molecule has 0 aliphatic heterocycles. The molecule has 0 saturated carbocycles. The summed E-state index contributed by atoms with van der Waals surface area (Å²) in [5.74, 6) is -4.49. The van der Waals surface area contributed by atoms with Gasteiger partial charge in [0.15, 0.2) is 23.1 Å². The number of carbonyl (C=O) groups is 6. The molecular formula is C36H31NO8S. The molecule has 4 aromatic rings. The Morgan fingerprint density at radius 2 is 0.957 bits per heavy atom. The Balaban J connectivity index is 0.000000217. The number of hydrogen-bond acceptors (Lipinski definition) is 8. The van der Waals surface area contributed by atoms with Gasteiger partial charge in [-0.05, 0) is 76.2 Å². The van der Waals surface area contributed by atoms with Crippen molar-refractivity contribution >= 4 is 51.4 Å². The Hall–Kier alpha value is -5.35. The highest BCUT2D eigenvalue weighted by Crippen LogP contribution is 2.33. The molecule has 0 radical (unpaired) electrons. The van der Waals surface area contributed by atoms with Gasteiger partial charge in [-0.1, -0.05) is 53.1 Å². The van der Waals surface area contributed by atoms with Gasteiger partial charge in [0.25, 0.3) is 0 Å². The van der Waals surface area contributed by atoms with E-state index in [9.17, 15) is 37.2 Å². The third kappa shape index (κ3) is 6.82. The molecule has 2 aliphatic carbocycles. The summed E-state index contributed by atoms with van der Waals surface area (Å²) >= 11 is 0. The molecule has 6 rings (SSSR count). The van der Waals surface area contributed by atoms with Crippen molar-refractivity contribution in [1.82, 2.24) is 0 Å². The van der Waals surface area contributed by atoms with Crippen molar-refractivity contribution in [2.24, 2.45) is 11.8 Å². The molecule has 0 bridgehead atoms. The molecule has 4 aromatic carbocycles. The van der Waals surface area contributed by atoms with Crippen molar-refractivity contribution in [1.29, 1.82) is 0 Å². The van der Waals surface area contributed by atoms with Gasteiger partial charge in [-0.3, -0.25) is 24.0 Å².